The summed E-state index contributed by atoms with van der Waals surface area (Å²) in [4.78, 5) is 0. The van der Waals surface area contributed by atoms with E-state index in [-0.39, 0.29) is 5.54 Å². The van der Waals surface area contributed by atoms with Gasteiger partial charge in [0.2, 0.25) is 0 Å². The van der Waals surface area contributed by atoms with Gasteiger partial charge in [0.05, 0.1) is 0 Å². The molecule has 2 N–H and O–H groups in total. The first-order chi connectivity index (χ1) is 8.27. The van der Waals surface area contributed by atoms with Gasteiger partial charge in [-0.15, -0.1) is 0 Å². The van der Waals surface area contributed by atoms with Crippen LogP contribution in [-0.4, -0.2) is 11.7 Å². The molecule has 2 nitrogen and oxygen atoms in total. The molecule has 0 spiro atoms. The van der Waals surface area contributed by atoms with Crippen LogP contribution in [0.25, 0.3) is 0 Å². The molecule has 1 aromatic carbocycles. The van der Waals surface area contributed by atoms with E-state index >= 15 is 0 Å². The van der Waals surface area contributed by atoms with Crippen LogP contribution in [0.15, 0.2) is 24.3 Å². The van der Waals surface area contributed by atoms with Gasteiger partial charge in [0, 0.05) is 5.54 Å². The first-order valence-electron chi connectivity index (χ1n) is 6.81. The molecule has 1 aliphatic heterocycles. The van der Waals surface area contributed by atoms with Gasteiger partial charge in [0.1, 0.15) is 5.75 Å². The van der Waals surface area contributed by atoms with Crippen molar-refractivity contribution in [3.05, 3.63) is 29.8 Å². The number of nitrogens with one attached hydrogen (secondary N) is 1. The van der Waals surface area contributed by atoms with Crippen molar-refractivity contribution in [1.82, 2.24) is 5.32 Å². The molecule has 1 saturated heterocycles. The molecule has 0 saturated carbocycles. The van der Waals surface area contributed by atoms with Gasteiger partial charge in [-0.25, -0.2) is 0 Å². The average Bonchev–Trinajstić information content (AvgIpc) is 2.56. The van der Waals surface area contributed by atoms with Crippen LogP contribution in [0.5, 0.6) is 5.75 Å². The van der Waals surface area contributed by atoms with Crippen LogP contribution in [0, 0.1) is 0 Å². The Hall–Kier alpha value is -1.02. The number of benzene rings is 1. The number of rotatable bonds is 3. The highest BCUT2D eigenvalue weighted by molar-refractivity contribution is 5.32. The minimum Gasteiger partial charge on any atom is -0.508 e. The highest BCUT2D eigenvalue weighted by atomic mass is 16.3. The van der Waals surface area contributed by atoms with Crippen molar-refractivity contribution in [3.63, 3.8) is 0 Å². The summed E-state index contributed by atoms with van der Waals surface area (Å²) in [6, 6.07) is 7.77. The summed E-state index contributed by atoms with van der Waals surface area (Å²) in [5.74, 6) is 0.379. The van der Waals surface area contributed by atoms with Gasteiger partial charge in [-0.2, -0.15) is 0 Å². The SMILES string of the molecule is CCCC1(c2cccc(O)c2)CCCCCN1. The van der Waals surface area contributed by atoms with Gasteiger partial charge < -0.3 is 10.4 Å². The standard InChI is InChI=1S/C15H23NO/c1-2-9-15(10-4-3-5-11-16-15)13-7-6-8-14(17)12-13/h6-8,12,16-17H,2-5,9-11H2,1H3. The minimum absolute atomic E-state index is 0.0873. The molecule has 0 amide bonds. The molecular formula is C15H23NO. The second kappa shape index (κ2) is 5.54. The molecule has 0 aliphatic carbocycles. The van der Waals surface area contributed by atoms with E-state index in [0.717, 1.165) is 13.0 Å². The quantitative estimate of drug-likeness (QED) is 0.836. The Morgan fingerprint density at radius 1 is 1.29 bits per heavy atom. The maximum atomic E-state index is 9.67. The summed E-state index contributed by atoms with van der Waals surface area (Å²) < 4.78 is 0. The number of hydrogen-bond donors (Lipinski definition) is 2. The van der Waals surface area contributed by atoms with Gasteiger partial charge in [0.25, 0.3) is 0 Å². The molecule has 17 heavy (non-hydrogen) atoms. The lowest BCUT2D eigenvalue weighted by molar-refractivity contribution is 0.296. The Kier molecular flexibility index (Phi) is 4.06. The normalized spacial score (nSPS) is 25.5. The molecule has 1 aliphatic rings. The molecule has 0 radical (unpaired) electrons. The zero-order valence-electron chi connectivity index (χ0n) is 10.7. The molecule has 1 unspecified atom stereocenters. The predicted octanol–water partition coefficient (Wildman–Crippen LogP) is 3.55. The fourth-order valence-corrected chi connectivity index (χ4v) is 2.98. The number of phenolic OH excluding ortho intramolecular Hbond substituents is 1. The Labute approximate surface area is 104 Å². The zero-order chi connectivity index (χ0) is 12.1. The van der Waals surface area contributed by atoms with E-state index in [1.54, 1.807) is 6.07 Å². The largest absolute Gasteiger partial charge is 0.508 e. The molecular weight excluding hydrogens is 210 g/mol. The molecule has 0 bridgehead atoms. The summed E-state index contributed by atoms with van der Waals surface area (Å²) in [6.45, 7) is 3.33. The lowest BCUT2D eigenvalue weighted by atomic mass is 9.82. The van der Waals surface area contributed by atoms with Crippen molar-refractivity contribution < 1.29 is 5.11 Å². The third kappa shape index (κ3) is 2.81. The molecule has 2 heteroatoms. The van der Waals surface area contributed by atoms with Crippen LogP contribution in [0.3, 0.4) is 0 Å². The van der Waals surface area contributed by atoms with Gasteiger partial charge in [-0.1, -0.05) is 38.3 Å². The Morgan fingerprint density at radius 3 is 2.94 bits per heavy atom. The van der Waals surface area contributed by atoms with E-state index in [0.29, 0.717) is 5.75 Å². The van der Waals surface area contributed by atoms with Gasteiger partial charge in [0.15, 0.2) is 0 Å². The van der Waals surface area contributed by atoms with Crippen LogP contribution < -0.4 is 5.32 Å². The number of phenols is 1. The maximum absolute atomic E-state index is 9.67. The van der Waals surface area contributed by atoms with E-state index in [1.165, 1.54) is 37.7 Å². The number of hydrogen-bond acceptors (Lipinski definition) is 2. The van der Waals surface area contributed by atoms with Crippen molar-refractivity contribution in [2.75, 3.05) is 6.54 Å². The van der Waals surface area contributed by atoms with Gasteiger partial charge >= 0.3 is 0 Å². The summed E-state index contributed by atoms with van der Waals surface area (Å²) in [7, 11) is 0. The first kappa shape index (κ1) is 12.4. The Morgan fingerprint density at radius 2 is 2.18 bits per heavy atom. The van der Waals surface area contributed by atoms with Crippen molar-refractivity contribution in [2.24, 2.45) is 0 Å². The highest BCUT2D eigenvalue weighted by Gasteiger charge is 2.31. The van der Waals surface area contributed by atoms with E-state index in [9.17, 15) is 5.11 Å². The number of aromatic hydroxyl groups is 1. The Balaban J connectivity index is 2.31. The lowest BCUT2D eigenvalue weighted by Crippen LogP contribution is -2.41. The predicted molar refractivity (Wildman–Crippen MR) is 71.2 cm³/mol. The second-order valence-corrected chi connectivity index (χ2v) is 5.12. The average molecular weight is 233 g/mol. The topological polar surface area (TPSA) is 32.3 Å². The second-order valence-electron chi connectivity index (χ2n) is 5.12. The van der Waals surface area contributed by atoms with Crippen LogP contribution in [0.2, 0.25) is 0 Å². The minimum atomic E-state index is 0.0873. The third-order valence-electron chi connectivity index (χ3n) is 3.82. The van der Waals surface area contributed by atoms with E-state index in [1.807, 2.05) is 12.1 Å². The van der Waals surface area contributed by atoms with E-state index < -0.39 is 0 Å². The monoisotopic (exact) mass is 233 g/mol. The Bertz CT molecular complexity index is 354. The van der Waals surface area contributed by atoms with Crippen molar-refractivity contribution >= 4 is 0 Å². The highest BCUT2D eigenvalue weighted by Crippen LogP contribution is 2.35. The first-order valence-corrected chi connectivity index (χ1v) is 6.81. The van der Waals surface area contributed by atoms with E-state index in [2.05, 4.69) is 18.3 Å². The molecule has 1 aromatic rings. The van der Waals surface area contributed by atoms with Crippen molar-refractivity contribution in [1.29, 1.82) is 0 Å². The van der Waals surface area contributed by atoms with Crippen LogP contribution in [0.1, 0.15) is 51.0 Å². The molecule has 0 aromatic heterocycles. The van der Waals surface area contributed by atoms with Crippen LogP contribution in [0.4, 0.5) is 0 Å². The summed E-state index contributed by atoms with van der Waals surface area (Å²) in [5.41, 5.74) is 1.34. The summed E-state index contributed by atoms with van der Waals surface area (Å²) in [6.07, 6.45) is 7.37. The van der Waals surface area contributed by atoms with Gasteiger partial charge in [-0.3, -0.25) is 0 Å². The van der Waals surface area contributed by atoms with Gasteiger partial charge in [-0.05, 0) is 43.5 Å². The summed E-state index contributed by atoms with van der Waals surface area (Å²) >= 11 is 0. The molecule has 1 atom stereocenters. The smallest absolute Gasteiger partial charge is 0.115 e. The van der Waals surface area contributed by atoms with E-state index in [4.69, 9.17) is 0 Å². The van der Waals surface area contributed by atoms with Crippen molar-refractivity contribution in [2.45, 2.75) is 51.0 Å². The lowest BCUT2D eigenvalue weighted by Gasteiger charge is -2.34. The van der Waals surface area contributed by atoms with Crippen LogP contribution >= 0.6 is 0 Å². The molecule has 94 valence electrons. The fraction of sp³-hybridized carbons (Fsp3) is 0.600. The van der Waals surface area contributed by atoms with Crippen LogP contribution in [-0.2, 0) is 5.54 Å². The molecule has 2 rings (SSSR count). The van der Waals surface area contributed by atoms with Crippen molar-refractivity contribution in [3.8, 4) is 5.75 Å². The molecule has 1 fully saturated rings. The maximum Gasteiger partial charge on any atom is 0.115 e. The molecule has 1 heterocycles. The zero-order valence-corrected chi connectivity index (χ0v) is 10.7. The summed E-state index contributed by atoms with van der Waals surface area (Å²) in [5, 5.41) is 13.4. The fourth-order valence-electron chi connectivity index (χ4n) is 2.98. The third-order valence-corrected chi connectivity index (χ3v) is 3.82.